The van der Waals surface area contributed by atoms with E-state index in [9.17, 15) is 4.79 Å². The fraction of sp³-hybridized carbons (Fsp3) is 0.235. The standard InChI is InChI=1S/C17H18N4O2/c1-11-15-9-13(10-18-16(15)21(3)20-11)19-17(22)12(2)23-14-7-5-4-6-8-14/h4-10,12H,1-3H3,(H,19,22)/t12-/m0/s1. The van der Waals surface area contributed by atoms with Crippen LogP contribution in [0.15, 0.2) is 42.6 Å². The number of carbonyl (C=O) groups excluding carboxylic acids is 1. The molecule has 0 saturated heterocycles. The average Bonchev–Trinajstić information content (AvgIpc) is 2.82. The van der Waals surface area contributed by atoms with E-state index >= 15 is 0 Å². The first-order valence-electron chi connectivity index (χ1n) is 7.36. The van der Waals surface area contributed by atoms with Crippen LogP contribution in [-0.2, 0) is 11.8 Å². The molecule has 6 nitrogen and oxygen atoms in total. The molecule has 118 valence electrons. The summed E-state index contributed by atoms with van der Waals surface area (Å²) in [5.41, 5.74) is 2.29. The molecule has 1 amide bonds. The number of pyridine rings is 1. The summed E-state index contributed by atoms with van der Waals surface area (Å²) >= 11 is 0. The first-order valence-corrected chi connectivity index (χ1v) is 7.36. The second kappa shape index (κ2) is 6.08. The molecule has 1 aromatic carbocycles. The van der Waals surface area contributed by atoms with E-state index < -0.39 is 6.10 Å². The number of nitrogens with one attached hydrogen (secondary N) is 1. The van der Waals surface area contributed by atoms with Crippen molar-refractivity contribution in [1.29, 1.82) is 0 Å². The van der Waals surface area contributed by atoms with E-state index in [2.05, 4.69) is 15.4 Å². The highest BCUT2D eigenvalue weighted by Crippen LogP contribution is 2.19. The summed E-state index contributed by atoms with van der Waals surface area (Å²) in [6.45, 7) is 3.63. The minimum absolute atomic E-state index is 0.225. The molecule has 0 aliphatic rings. The number of para-hydroxylation sites is 1. The molecular weight excluding hydrogens is 292 g/mol. The molecular formula is C17H18N4O2. The fourth-order valence-corrected chi connectivity index (χ4v) is 2.38. The van der Waals surface area contributed by atoms with Crippen LogP contribution in [0, 0.1) is 6.92 Å². The number of anilines is 1. The molecule has 0 unspecified atom stereocenters. The lowest BCUT2D eigenvalue weighted by Gasteiger charge is -2.14. The third-order valence-corrected chi connectivity index (χ3v) is 3.56. The van der Waals surface area contributed by atoms with Crippen LogP contribution in [0.25, 0.3) is 11.0 Å². The fourth-order valence-electron chi connectivity index (χ4n) is 2.38. The van der Waals surface area contributed by atoms with Gasteiger partial charge in [0.2, 0.25) is 0 Å². The predicted octanol–water partition coefficient (Wildman–Crippen LogP) is 2.68. The number of nitrogens with zero attached hydrogens (tertiary/aromatic N) is 3. The molecule has 1 atom stereocenters. The zero-order valence-corrected chi connectivity index (χ0v) is 13.3. The minimum Gasteiger partial charge on any atom is -0.481 e. The Hall–Kier alpha value is -2.89. The number of benzene rings is 1. The normalized spacial score (nSPS) is 12.1. The second-order valence-electron chi connectivity index (χ2n) is 5.37. The highest BCUT2D eigenvalue weighted by molar-refractivity contribution is 5.95. The van der Waals surface area contributed by atoms with Crippen LogP contribution in [0.5, 0.6) is 5.75 Å². The molecule has 6 heteroatoms. The van der Waals surface area contributed by atoms with Crippen molar-refractivity contribution in [2.75, 3.05) is 5.32 Å². The van der Waals surface area contributed by atoms with Gasteiger partial charge >= 0.3 is 0 Å². The Morgan fingerprint density at radius 1 is 1.30 bits per heavy atom. The number of carbonyl (C=O) groups is 1. The van der Waals surface area contributed by atoms with Gasteiger partial charge in [-0.1, -0.05) is 18.2 Å². The van der Waals surface area contributed by atoms with Crippen LogP contribution in [-0.4, -0.2) is 26.8 Å². The number of amides is 1. The van der Waals surface area contributed by atoms with Crippen molar-refractivity contribution in [3.05, 3.63) is 48.3 Å². The van der Waals surface area contributed by atoms with Crippen molar-refractivity contribution in [1.82, 2.24) is 14.8 Å². The smallest absolute Gasteiger partial charge is 0.265 e. The summed E-state index contributed by atoms with van der Waals surface area (Å²) < 4.78 is 7.33. The van der Waals surface area contributed by atoms with E-state index in [0.717, 1.165) is 16.7 Å². The van der Waals surface area contributed by atoms with Gasteiger partial charge in [-0.2, -0.15) is 5.10 Å². The first kappa shape index (κ1) is 15.0. The number of ether oxygens (including phenoxy) is 1. The Balaban J connectivity index is 1.73. The van der Waals surface area contributed by atoms with Gasteiger partial charge in [0.25, 0.3) is 5.91 Å². The van der Waals surface area contributed by atoms with Crippen LogP contribution in [0.3, 0.4) is 0 Å². The van der Waals surface area contributed by atoms with Gasteiger partial charge in [-0.3, -0.25) is 9.48 Å². The Labute approximate surface area is 134 Å². The summed E-state index contributed by atoms with van der Waals surface area (Å²) in [4.78, 5) is 16.6. The lowest BCUT2D eigenvalue weighted by molar-refractivity contribution is -0.122. The van der Waals surface area contributed by atoms with Gasteiger partial charge in [-0.25, -0.2) is 4.98 Å². The maximum absolute atomic E-state index is 12.3. The van der Waals surface area contributed by atoms with Crippen molar-refractivity contribution >= 4 is 22.6 Å². The van der Waals surface area contributed by atoms with Gasteiger partial charge in [0.15, 0.2) is 11.8 Å². The molecule has 0 aliphatic carbocycles. The van der Waals surface area contributed by atoms with Crippen molar-refractivity contribution in [2.24, 2.45) is 7.05 Å². The van der Waals surface area contributed by atoms with E-state index in [0.29, 0.717) is 11.4 Å². The molecule has 0 bridgehead atoms. The zero-order valence-electron chi connectivity index (χ0n) is 13.3. The van der Waals surface area contributed by atoms with Crippen LogP contribution in [0.2, 0.25) is 0 Å². The number of hydrogen-bond donors (Lipinski definition) is 1. The van der Waals surface area contributed by atoms with Gasteiger partial charge in [0, 0.05) is 12.4 Å². The number of aromatic nitrogens is 3. The highest BCUT2D eigenvalue weighted by atomic mass is 16.5. The molecule has 0 aliphatic heterocycles. The average molecular weight is 310 g/mol. The number of fused-ring (bicyclic) bond motifs is 1. The lowest BCUT2D eigenvalue weighted by Crippen LogP contribution is -2.30. The van der Waals surface area contributed by atoms with Crippen LogP contribution >= 0.6 is 0 Å². The third kappa shape index (κ3) is 3.15. The van der Waals surface area contributed by atoms with Crippen LogP contribution < -0.4 is 10.1 Å². The van der Waals surface area contributed by atoms with Crippen LogP contribution in [0.1, 0.15) is 12.6 Å². The molecule has 0 radical (unpaired) electrons. The summed E-state index contributed by atoms with van der Waals surface area (Å²) in [5.74, 6) is 0.434. The van der Waals surface area contributed by atoms with Gasteiger partial charge in [0.05, 0.1) is 17.6 Å². The van der Waals surface area contributed by atoms with E-state index in [4.69, 9.17) is 4.74 Å². The molecule has 2 heterocycles. The summed E-state index contributed by atoms with van der Waals surface area (Å²) in [5, 5.41) is 8.06. The second-order valence-corrected chi connectivity index (χ2v) is 5.37. The predicted molar refractivity (Wildman–Crippen MR) is 88.4 cm³/mol. The zero-order chi connectivity index (χ0) is 16.4. The van der Waals surface area contributed by atoms with Crippen molar-refractivity contribution in [3.8, 4) is 5.75 Å². The lowest BCUT2D eigenvalue weighted by atomic mass is 10.2. The number of rotatable bonds is 4. The van der Waals surface area contributed by atoms with Crippen molar-refractivity contribution in [3.63, 3.8) is 0 Å². The van der Waals surface area contributed by atoms with Crippen LogP contribution in [0.4, 0.5) is 5.69 Å². The van der Waals surface area contributed by atoms with E-state index in [1.54, 1.807) is 17.8 Å². The molecule has 0 saturated carbocycles. The third-order valence-electron chi connectivity index (χ3n) is 3.56. The van der Waals surface area contributed by atoms with Gasteiger partial charge in [-0.05, 0) is 32.0 Å². The molecule has 23 heavy (non-hydrogen) atoms. The summed E-state index contributed by atoms with van der Waals surface area (Å²) in [6.07, 6.45) is 1.01. The Morgan fingerprint density at radius 3 is 2.78 bits per heavy atom. The largest absolute Gasteiger partial charge is 0.481 e. The quantitative estimate of drug-likeness (QED) is 0.804. The van der Waals surface area contributed by atoms with Gasteiger partial charge in [-0.15, -0.1) is 0 Å². The first-order chi connectivity index (χ1) is 11.0. The number of hydrogen-bond acceptors (Lipinski definition) is 4. The van der Waals surface area contributed by atoms with Gasteiger partial charge < -0.3 is 10.1 Å². The molecule has 2 aromatic heterocycles. The highest BCUT2D eigenvalue weighted by Gasteiger charge is 2.16. The Kier molecular flexibility index (Phi) is 3.97. The summed E-state index contributed by atoms with van der Waals surface area (Å²) in [7, 11) is 1.84. The topological polar surface area (TPSA) is 69.0 Å². The van der Waals surface area contributed by atoms with E-state index in [1.165, 1.54) is 0 Å². The minimum atomic E-state index is -0.608. The molecule has 1 N–H and O–H groups in total. The maximum Gasteiger partial charge on any atom is 0.265 e. The van der Waals surface area contributed by atoms with Crippen molar-refractivity contribution in [2.45, 2.75) is 20.0 Å². The Bertz CT molecular complexity index is 842. The monoisotopic (exact) mass is 310 g/mol. The Morgan fingerprint density at radius 2 is 2.04 bits per heavy atom. The SMILES string of the molecule is Cc1nn(C)c2ncc(NC(=O)[C@H](C)Oc3ccccc3)cc12. The molecule has 0 fully saturated rings. The van der Waals surface area contributed by atoms with Crippen molar-refractivity contribution < 1.29 is 9.53 Å². The molecule has 3 aromatic rings. The van der Waals surface area contributed by atoms with E-state index in [-0.39, 0.29) is 5.91 Å². The van der Waals surface area contributed by atoms with Gasteiger partial charge in [0.1, 0.15) is 5.75 Å². The number of aryl methyl sites for hydroxylation is 2. The molecule has 0 spiro atoms. The maximum atomic E-state index is 12.3. The van der Waals surface area contributed by atoms with E-state index in [1.807, 2.05) is 50.4 Å². The molecule has 3 rings (SSSR count). The summed E-state index contributed by atoms with van der Waals surface area (Å²) in [6, 6.07) is 11.1.